The highest BCUT2D eigenvalue weighted by Gasteiger charge is 2.30. The van der Waals surface area contributed by atoms with E-state index in [1.807, 2.05) is 106 Å². The molecule has 10 rings (SSSR count). The highest BCUT2D eigenvalue weighted by molar-refractivity contribution is 6.28. The Morgan fingerprint density at radius 3 is 1.88 bits per heavy atom. The van der Waals surface area contributed by atoms with Crippen LogP contribution in [0, 0.1) is 11.6 Å². The summed E-state index contributed by atoms with van der Waals surface area (Å²) in [5, 5.41) is 6.36. The van der Waals surface area contributed by atoms with Crippen molar-refractivity contribution in [3.63, 3.8) is 0 Å². The van der Waals surface area contributed by atoms with Crippen molar-refractivity contribution in [2.24, 2.45) is 0 Å². The van der Waals surface area contributed by atoms with E-state index >= 15 is 8.78 Å². The fraction of sp³-hybridized carbons (Fsp3) is 0.125. The Labute approximate surface area is 399 Å². The number of anilines is 4. The second-order valence-electron chi connectivity index (χ2n) is 17.5. The summed E-state index contributed by atoms with van der Waals surface area (Å²) in [5.74, 6) is -0.574. The molecule has 8 aromatic carbocycles. The smallest absolute Gasteiger partial charge is 0.148 e. The van der Waals surface area contributed by atoms with Crippen molar-refractivity contribution in [3.8, 4) is 22.3 Å². The highest BCUT2D eigenvalue weighted by Crippen LogP contribution is 2.49. The van der Waals surface area contributed by atoms with Gasteiger partial charge in [-0.05, 0) is 131 Å². The Bertz CT molecular complexity index is 3400. The van der Waals surface area contributed by atoms with Crippen LogP contribution in [0.1, 0.15) is 51.2 Å². The van der Waals surface area contributed by atoms with Crippen molar-refractivity contribution in [1.29, 1.82) is 0 Å². The van der Waals surface area contributed by atoms with Crippen LogP contribution in [0.25, 0.3) is 65.7 Å². The summed E-state index contributed by atoms with van der Waals surface area (Å²) in [5.41, 5.74) is 10.1. The van der Waals surface area contributed by atoms with E-state index in [0.717, 1.165) is 101 Å². The van der Waals surface area contributed by atoms with Gasteiger partial charge in [-0.2, -0.15) is 0 Å². The van der Waals surface area contributed by atoms with Gasteiger partial charge in [0.25, 0.3) is 0 Å². The van der Waals surface area contributed by atoms with Gasteiger partial charge in [-0.25, -0.2) is 8.78 Å². The highest BCUT2D eigenvalue weighted by atomic mass is 19.1. The Balaban J connectivity index is 1.22. The zero-order valence-corrected chi connectivity index (χ0v) is 38.8. The fourth-order valence-corrected chi connectivity index (χ4v) is 10.2. The van der Waals surface area contributed by atoms with Crippen LogP contribution >= 0.6 is 0 Å². The summed E-state index contributed by atoms with van der Waals surface area (Å²) in [4.78, 5) is 4.37. The molecule has 0 amide bonds. The molecule has 0 bridgehead atoms. The number of hydrogen-bond donors (Lipinski definition) is 0. The van der Waals surface area contributed by atoms with E-state index in [-0.39, 0.29) is 17.7 Å². The lowest BCUT2D eigenvalue weighted by molar-refractivity contribution is 0.619. The van der Waals surface area contributed by atoms with Gasteiger partial charge in [0.15, 0.2) is 0 Å². The van der Waals surface area contributed by atoms with Crippen LogP contribution in [0.3, 0.4) is 0 Å². The van der Waals surface area contributed by atoms with Crippen LogP contribution in [0.4, 0.5) is 31.5 Å². The maximum atomic E-state index is 17.6. The lowest BCUT2D eigenvalue weighted by atomic mass is 9.90. The minimum atomic E-state index is -0.290. The molecule has 8 aromatic rings. The van der Waals surface area contributed by atoms with E-state index < -0.39 is 0 Å². The average Bonchev–Trinajstić information content (AvgIpc) is 3.39. The molecule has 0 aromatic heterocycles. The van der Waals surface area contributed by atoms with Crippen molar-refractivity contribution >= 4 is 66.2 Å². The van der Waals surface area contributed by atoms with Crippen molar-refractivity contribution in [2.45, 2.75) is 46.1 Å². The number of halogens is 2. The molecule has 0 aliphatic heterocycles. The molecule has 4 heteroatoms. The van der Waals surface area contributed by atoms with Crippen molar-refractivity contribution < 1.29 is 8.78 Å². The van der Waals surface area contributed by atoms with E-state index in [1.165, 1.54) is 0 Å². The SMILES string of the molecule is C/C=C\C=C/CN(c1c(F)cc(-c2ccccc2)cc1C1=CCCC=C1)c1ccc2ccc3c(N(c4c(F)cc(-c5ccccc5)cc4C(/C=C\C)=C/C)C4C=CC=CC4)ccc4ccc1c2c43. The molecule has 1 atom stereocenters. The quantitative estimate of drug-likeness (QED) is 0.0841. The maximum Gasteiger partial charge on any atom is 0.148 e. The Hall–Kier alpha value is -7.82. The third-order valence-corrected chi connectivity index (χ3v) is 13.3. The molecule has 68 heavy (non-hydrogen) atoms. The monoisotopic (exact) mass is 888 g/mol. The molecule has 0 saturated heterocycles. The second-order valence-corrected chi connectivity index (χ2v) is 17.5. The first-order chi connectivity index (χ1) is 33.5. The summed E-state index contributed by atoms with van der Waals surface area (Å²) in [6.45, 7) is 6.45. The minimum absolute atomic E-state index is 0.170. The van der Waals surface area contributed by atoms with E-state index in [2.05, 4.69) is 131 Å². The number of allylic oxidation sites excluding steroid dienone is 13. The summed E-state index contributed by atoms with van der Waals surface area (Å²) >= 11 is 0. The molecular formula is C64H54F2N2. The predicted octanol–water partition coefficient (Wildman–Crippen LogP) is 18.2. The summed E-state index contributed by atoms with van der Waals surface area (Å²) in [6, 6.07) is 45.0. The average molecular weight is 889 g/mol. The number of rotatable bonds is 13. The Morgan fingerprint density at radius 1 is 0.618 bits per heavy atom. The molecule has 2 nitrogen and oxygen atoms in total. The zero-order valence-electron chi connectivity index (χ0n) is 38.8. The first-order valence-electron chi connectivity index (χ1n) is 23.8. The molecule has 0 saturated carbocycles. The van der Waals surface area contributed by atoms with Gasteiger partial charge in [0.05, 0.1) is 17.4 Å². The zero-order chi connectivity index (χ0) is 46.6. The third-order valence-electron chi connectivity index (χ3n) is 13.3. The molecule has 0 radical (unpaired) electrons. The normalized spacial score (nSPS) is 15.3. The Morgan fingerprint density at radius 2 is 1.26 bits per heavy atom. The summed E-state index contributed by atoms with van der Waals surface area (Å²) < 4.78 is 35.1. The molecule has 1 unspecified atom stereocenters. The van der Waals surface area contributed by atoms with E-state index in [4.69, 9.17) is 0 Å². The van der Waals surface area contributed by atoms with Gasteiger partial charge in [-0.1, -0.05) is 182 Å². The summed E-state index contributed by atoms with van der Waals surface area (Å²) in [6.07, 6.45) is 31.9. The van der Waals surface area contributed by atoms with E-state index in [0.29, 0.717) is 24.3 Å². The van der Waals surface area contributed by atoms with Crippen molar-refractivity contribution in [1.82, 2.24) is 0 Å². The minimum Gasteiger partial charge on any atom is -0.334 e. The topological polar surface area (TPSA) is 6.48 Å². The van der Waals surface area contributed by atoms with Crippen LogP contribution in [0.5, 0.6) is 0 Å². The van der Waals surface area contributed by atoms with Crippen LogP contribution in [0.2, 0.25) is 0 Å². The fourth-order valence-electron chi connectivity index (χ4n) is 10.2. The van der Waals surface area contributed by atoms with Gasteiger partial charge in [0, 0.05) is 39.8 Å². The lowest BCUT2D eigenvalue weighted by Gasteiger charge is -2.36. The number of benzene rings is 8. The first kappa shape index (κ1) is 44.0. The summed E-state index contributed by atoms with van der Waals surface area (Å²) in [7, 11) is 0. The predicted molar refractivity (Wildman–Crippen MR) is 288 cm³/mol. The second kappa shape index (κ2) is 19.6. The molecule has 0 heterocycles. The van der Waals surface area contributed by atoms with Gasteiger partial charge in [-0.15, -0.1) is 0 Å². The lowest BCUT2D eigenvalue weighted by Crippen LogP contribution is -2.31. The van der Waals surface area contributed by atoms with Crippen molar-refractivity contribution in [2.75, 3.05) is 16.3 Å². The first-order valence-corrected chi connectivity index (χ1v) is 23.8. The van der Waals surface area contributed by atoms with Crippen LogP contribution in [0.15, 0.2) is 219 Å². The van der Waals surface area contributed by atoms with Gasteiger partial charge < -0.3 is 9.80 Å². The van der Waals surface area contributed by atoms with Crippen LogP contribution in [-0.4, -0.2) is 12.6 Å². The molecule has 0 fully saturated rings. The number of hydrogen-bond acceptors (Lipinski definition) is 2. The van der Waals surface area contributed by atoms with E-state index in [9.17, 15) is 0 Å². The maximum absolute atomic E-state index is 17.6. The standard InChI is InChI=1S/C64H54F2N2/c1-4-7-8-21-39-67(63-56(47-27-17-11-18-28-47)41-51(42-57(63)65)46-25-15-10-16-26-46)59-37-33-48-32-36-54-60(38-34-49-31-35-53(59)61(48)62(49)54)68(52-29-19-12-20-30-52)64-55(44(6-3)22-5-2)40-50(43-58(64)66)45-23-13-9-14-24-45/h4-10,12-17,19-29,31-38,40-43,52H,11,18,30,39H2,1-3H3/b7-4-,21-8-,22-5-,44-6+. The molecule has 0 spiro atoms. The molecule has 2 aliphatic rings. The van der Waals surface area contributed by atoms with Crippen LogP contribution in [-0.2, 0) is 0 Å². The molecular weight excluding hydrogens is 835 g/mol. The number of nitrogens with zero attached hydrogens (tertiary/aromatic N) is 2. The van der Waals surface area contributed by atoms with Gasteiger partial charge in [0.2, 0.25) is 0 Å². The third kappa shape index (κ3) is 8.32. The Kier molecular flexibility index (Phi) is 12.7. The molecule has 2 aliphatic carbocycles. The van der Waals surface area contributed by atoms with Gasteiger partial charge >= 0.3 is 0 Å². The van der Waals surface area contributed by atoms with Crippen LogP contribution < -0.4 is 9.80 Å². The van der Waals surface area contributed by atoms with Gasteiger partial charge in [0.1, 0.15) is 11.6 Å². The van der Waals surface area contributed by atoms with Gasteiger partial charge in [-0.3, -0.25) is 0 Å². The molecule has 334 valence electrons. The van der Waals surface area contributed by atoms with E-state index in [1.54, 1.807) is 12.1 Å². The van der Waals surface area contributed by atoms with Crippen molar-refractivity contribution in [3.05, 3.63) is 241 Å². The largest absolute Gasteiger partial charge is 0.334 e. The molecule has 0 N–H and O–H groups in total.